The lowest BCUT2D eigenvalue weighted by Gasteiger charge is -2.41. The number of piperidine rings is 1. The summed E-state index contributed by atoms with van der Waals surface area (Å²) in [6, 6.07) is 4.93. The van der Waals surface area contributed by atoms with E-state index in [9.17, 15) is 4.79 Å². The van der Waals surface area contributed by atoms with Gasteiger partial charge in [-0.3, -0.25) is 4.79 Å². The molecule has 1 saturated carbocycles. The minimum Gasteiger partial charge on any atom is -0.341 e. The van der Waals surface area contributed by atoms with Gasteiger partial charge in [-0.05, 0) is 64.8 Å². The molecule has 4 heteroatoms. The zero-order valence-corrected chi connectivity index (χ0v) is 13.6. The lowest BCUT2D eigenvalue weighted by molar-refractivity contribution is 0.0477. The third-order valence-corrected chi connectivity index (χ3v) is 5.22. The second-order valence-electron chi connectivity index (χ2n) is 7.16. The number of hydrogen-bond acceptors (Lipinski definition) is 2. The molecule has 1 aromatic heterocycles. The van der Waals surface area contributed by atoms with Crippen LogP contribution < -0.4 is 0 Å². The van der Waals surface area contributed by atoms with Gasteiger partial charge >= 0.3 is 0 Å². The Bertz CT molecular complexity index is 506. The molecule has 1 aliphatic carbocycles. The summed E-state index contributed by atoms with van der Waals surface area (Å²) in [5, 5.41) is 0. The van der Waals surface area contributed by atoms with Gasteiger partial charge in [0.15, 0.2) is 0 Å². The van der Waals surface area contributed by atoms with Crippen LogP contribution in [0.4, 0.5) is 0 Å². The van der Waals surface area contributed by atoms with Crippen molar-refractivity contribution in [2.75, 3.05) is 27.2 Å². The van der Waals surface area contributed by atoms with Crippen LogP contribution in [0.2, 0.25) is 0 Å². The molecule has 21 heavy (non-hydrogen) atoms. The van der Waals surface area contributed by atoms with E-state index in [1.165, 1.54) is 12.8 Å². The molecule has 2 bridgehead atoms. The third-order valence-electron chi connectivity index (χ3n) is 5.22. The maximum Gasteiger partial charge on any atom is 0.270 e. The first kappa shape index (κ1) is 14.6. The molecule has 1 saturated heterocycles. The van der Waals surface area contributed by atoms with Gasteiger partial charge in [0, 0.05) is 31.4 Å². The fraction of sp³-hybridized carbons (Fsp3) is 0.706. The van der Waals surface area contributed by atoms with Crippen molar-refractivity contribution >= 4 is 5.91 Å². The van der Waals surface area contributed by atoms with E-state index >= 15 is 0 Å². The maximum atomic E-state index is 12.9. The van der Waals surface area contributed by atoms with Gasteiger partial charge in [0.05, 0.1) is 0 Å². The van der Waals surface area contributed by atoms with Crippen molar-refractivity contribution in [1.29, 1.82) is 0 Å². The number of aromatic nitrogens is 1. The van der Waals surface area contributed by atoms with Crippen molar-refractivity contribution in [2.45, 2.75) is 38.8 Å². The Morgan fingerprint density at radius 1 is 1.24 bits per heavy atom. The molecule has 116 valence electrons. The second-order valence-corrected chi connectivity index (χ2v) is 7.16. The zero-order valence-electron chi connectivity index (χ0n) is 13.6. The van der Waals surface area contributed by atoms with Crippen molar-refractivity contribution in [3.63, 3.8) is 0 Å². The molecule has 2 heterocycles. The van der Waals surface area contributed by atoms with E-state index in [1.54, 1.807) is 0 Å². The molecule has 1 aromatic rings. The molecule has 4 nitrogen and oxygen atoms in total. The highest BCUT2D eigenvalue weighted by Gasteiger charge is 2.44. The van der Waals surface area contributed by atoms with Crippen molar-refractivity contribution in [2.24, 2.45) is 11.8 Å². The van der Waals surface area contributed by atoms with E-state index in [2.05, 4.69) is 42.3 Å². The van der Waals surface area contributed by atoms with Gasteiger partial charge in [-0.2, -0.15) is 0 Å². The summed E-state index contributed by atoms with van der Waals surface area (Å²) in [6.45, 7) is 6.08. The standard InChI is InChI=1S/C17H27N3O/c1-12(2)20-9-5-6-15(20)17(21)19-10-13-7-8-14(11-19)16(13)18(3)4/h5-6,9,12-14,16H,7-8,10-11H2,1-4H3/t13-,14+,16?. The fourth-order valence-electron chi connectivity index (χ4n) is 4.39. The van der Waals surface area contributed by atoms with E-state index in [0.717, 1.165) is 18.8 Å². The first-order chi connectivity index (χ1) is 9.99. The minimum absolute atomic E-state index is 0.211. The average molecular weight is 289 g/mol. The smallest absolute Gasteiger partial charge is 0.270 e. The van der Waals surface area contributed by atoms with Crippen molar-refractivity contribution in [3.8, 4) is 0 Å². The Hall–Kier alpha value is -1.29. The van der Waals surface area contributed by atoms with Crippen LogP contribution in [0.1, 0.15) is 43.2 Å². The van der Waals surface area contributed by atoms with E-state index < -0.39 is 0 Å². The molecule has 3 atom stereocenters. The Kier molecular flexibility index (Phi) is 3.82. The zero-order chi connectivity index (χ0) is 15.1. The van der Waals surface area contributed by atoms with Crippen LogP contribution in [0.25, 0.3) is 0 Å². The Morgan fingerprint density at radius 3 is 2.38 bits per heavy atom. The maximum absolute atomic E-state index is 12.9. The number of hydrogen-bond donors (Lipinski definition) is 0. The number of amides is 1. The first-order valence-electron chi connectivity index (χ1n) is 8.11. The van der Waals surface area contributed by atoms with Gasteiger partial charge in [0.2, 0.25) is 0 Å². The molecule has 1 unspecified atom stereocenters. The SMILES string of the molecule is CC(C)n1cccc1C(=O)N1C[C@H]2CC[C@@H](C1)C2N(C)C. The van der Waals surface area contributed by atoms with Crippen molar-refractivity contribution in [3.05, 3.63) is 24.0 Å². The molecule has 0 radical (unpaired) electrons. The van der Waals surface area contributed by atoms with E-state index in [4.69, 9.17) is 0 Å². The Morgan fingerprint density at radius 2 is 1.86 bits per heavy atom. The molecule has 0 spiro atoms. The number of carbonyl (C=O) groups is 1. The molecule has 2 fully saturated rings. The van der Waals surface area contributed by atoms with Gasteiger partial charge in [-0.25, -0.2) is 0 Å². The van der Waals surface area contributed by atoms with Crippen LogP contribution >= 0.6 is 0 Å². The van der Waals surface area contributed by atoms with Gasteiger partial charge in [-0.15, -0.1) is 0 Å². The van der Waals surface area contributed by atoms with Crippen LogP contribution in [0.5, 0.6) is 0 Å². The van der Waals surface area contributed by atoms with E-state index in [1.807, 2.05) is 18.3 Å². The van der Waals surface area contributed by atoms with Gasteiger partial charge in [0.1, 0.15) is 5.69 Å². The van der Waals surface area contributed by atoms with Crippen LogP contribution in [-0.4, -0.2) is 53.5 Å². The first-order valence-corrected chi connectivity index (χ1v) is 8.11. The summed E-state index contributed by atoms with van der Waals surface area (Å²) in [6.07, 6.45) is 4.55. The predicted octanol–water partition coefficient (Wildman–Crippen LogP) is 2.48. The van der Waals surface area contributed by atoms with Crippen LogP contribution in [0, 0.1) is 11.8 Å². The highest BCUT2D eigenvalue weighted by atomic mass is 16.2. The van der Waals surface area contributed by atoms with Crippen molar-refractivity contribution < 1.29 is 4.79 Å². The number of nitrogens with zero attached hydrogens (tertiary/aromatic N) is 3. The number of fused-ring (bicyclic) bond motifs is 2. The quantitative estimate of drug-likeness (QED) is 0.855. The molecule has 0 aromatic carbocycles. The summed E-state index contributed by atoms with van der Waals surface area (Å²) in [5.41, 5.74) is 0.840. The van der Waals surface area contributed by atoms with Crippen molar-refractivity contribution in [1.82, 2.24) is 14.4 Å². The monoisotopic (exact) mass is 289 g/mol. The highest BCUT2D eigenvalue weighted by molar-refractivity contribution is 5.93. The van der Waals surface area contributed by atoms with Gasteiger partial charge < -0.3 is 14.4 Å². The van der Waals surface area contributed by atoms with Gasteiger partial charge in [-0.1, -0.05) is 0 Å². The van der Waals surface area contributed by atoms with Crippen LogP contribution in [0.3, 0.4) is 0 Å². The van der Waals surface area contributed by atoms with Crippen LogP contribution in [0.15, 0.2) is 18.3 Å². The number of likely N-dealkylation sites (tertiary alicyclic amines) is 1. The summed E-state index contributed by atoms with van der Waals surface area (Å²) in [5.74, 6) is 1.50. The van der Waals surface area contributed by atoms with E-state index in [-0.39, 0.29) is 5.91 Å². The molecule has 0 N–H and O–H groups in total. The summed E-state index contributed by atoms with van der Waals surface area (Å²) >= 11 is 0. The Labute approximate surface area is 127 Å². The summed E-state index contributed by atoms with van der Waals surface area (Å²) in [4.78, 5) is 17.3. The Balaban J connectivity index is 1.77. The molecule has 3 rings (SSSR count). The minimum atomic E-state index is 0.211. The lowest BCUT2D eigenvalue weighted by Crippen LogP contribution is -2.52. The third kappa shape index (κ3) is 2.50. The number of rotatable bonds is 3. The average Bonchev–Trinajstić information content (AvgIpc) is 3.01. The molecule has 1 aliphatic heterocycles. The largest absolute Gasteiger partial charge is 0.341 e. The fourth-order valence-corrected chi connectivity index (χ4v) is 4.39. The van der Waals surface area contributed by atoms with E-state index in [0.29, 0.717) is 23.9 Å². The summed E-state index contributed by atoms with van der Waals surface area (Å²) < 4.78 is 2.09. The molecule has 2 aliphatic rings. The number of carbonyl (C=O) groups excluding carboxylic acids is 1. The molecular weight excluding hydrogens is 262 g/mol. The topological polar surface area (TPSA) is 28.5 Å². The van der Waals surface area contributed by atoms with Crippen LogP contribution in [-0.2, 0) is 0 Å². The highest BCUT2D eigenvalue weighted by Crippen LogP contribution is 2.39. The summed E-state index contributed by atoms with van der Waals surface area (Å²) in [7, 11) is 4.36. The van der Waals surface area contributed by atoms with Gasteiger partial charge in [0.25, 0.3) is 5.91 Å². The normalized spacial score (nSPS) is 28.7. The molecule has 1 amide bonds. The lowest BCUT2D eigenvalue weighted by atomic mass is 9.91. The predicted molar refractivity (Wildman–Crippen MR) is 84.4 cm³/mol. The molecular formula is C17H27N3O. The second kappa shape index (κ2) is 5.48.